The van der Waals surface area contributed by atoms with Crippen LogP contribution in [-0.2, 0) is 16.1 Å². The standard InChI is InChI=1S/C19H24N2O4/c1-19(14-6-7-14)17(22)21(18(23)20-19)11-13-4-8-15(9-5-13)25-12-16-3-2-10-24-16/h4-5,8-9,14,16H,2-3,6-7,10-12H2,1H3,(H,20,23). The first-order chi connectivity index (χ1) is 12.1. The highest BCUT2D eigenvalue weighted by Crippen LogP contribution is 2.42. The number of benzene rings is 1. The minimum atomic E-state index is -0.721. The van der Waals surface area contributed by atoms with E-state index in [0.29, 0.717) is 13.2 Å². The van der Waals surface area contributed by atoms with E-state index in [2.05, 4.69) is 5.32 Å². The number of nitrogens with one attached hydrogen (secondary N) is 1. The van der Waals surface area contributed by atoms with Crippen LogP contribution in [0.4, 0.5) is 4.79 Å². The largest absolute Gasteiger partial charge is 0.491 e. The molecule has 0 radical (unpaired) electrons. The van der Waals surface area contributed by atoms with Gasteiger partial charge in [0.1, 0.15) is 17.9 Å². The molecule has 6 nitrogen and oxygen atoms in total. The molecule has 2 unspecified atom stereocenters. The van der Waals surface area contributed by atoms with Crippen molar-refractivity contribution in [1.82, 2.24) is 10.2 Å². The Hall–Kier alpha value is -2.08. The molecule has 1 aliphatic carbocycles. The summed E-state index contributed by atoms with van der Waals surface area (Å²) in [7, 11) is 0. The topological polar surface area (TPSA) is 67.9 Å². The van der Waals surface area contributed by atoms with Crippen LogP contribution < -0.4 is 10.1 Å². The minimum Gasteiger partial charge on any atom is -0.491 e. The summed E-state index contributed by atoms with van der Waals surface area (Å²) < 4.78 is 11.3. The maximum Gasteiger partial charge on any atom is 0.325 e. The molecule has 0 bridgehead atoms. The van der Waals surface area contributed by atoms with Crippen LogP contribution in [0.3, 0.4) is 0 Å². The monoisotopic (exact) mass is 344 g/mol. The van der Waals surface area contributed by atoms with Gasteiger partial charge in [0, 0.05) is 6.61 Å². The molecule has 3 aliphatic rings. The van der Waals surface area contributed by atoms with Crippen LogP contribution in [0.2, 0.25) is 0 Å². The second-order valence-electron chi connectivity index (χ2n) is 7.39. The number of imide groups is 1. The lowest BCUT2D eigenvalue weighted by atomic mass is 9.96. The average Bonchev–Trinajstić information content (AvgIpc) is 3.30. The van der Waals surface area contributed by atoms with E-state index in [-0.39, 0.29) is 24.0 Å². The number of amides is 3. The summed E-state index contributed by atoms with van der Waals surface area (Å²) >= 11 is 0. The molecule has 0 aromatic heterocycles. The Morgan fingerprint density at radius 3 is 2.64 bits per heavy atom. The van der Waals surface area contributed by atoms with Gasteiger partial charge in [0.25, 0.3) is 5.91 Å². The van der Waals surface area contributed by atoms with Gasteiger partial charge < -0.3 is 14.8 Å². The fourth-order valence-electron chi connectivity index (χ4n) is 3.64. The SMILES string of the molecule is CC1(C2CC2)NC(=O)N(Cc2ccc(OCC3CCCO3)cc2)C1=O. The first-order valence-electron chi connectivity index (χ1n) is 9.04. The van der Waals surface area contributed by atoms with Gasteiger partial charge in [-0.3, -0.25) is 9.69 Å². The molecule has 1 aromatic rings. The average molecular weight is 344 g/mol. The minimum absolute atomic E-state index is 0.112. The lowest BCUT2D eigenvalue weighted by Gasteiger charge is -2.21. The van der Waals surface area contributed by atoms with Crippen LogP contribution in [0.15, 0.2) is 24.3 Å². The number of carbonyl (C=O) groups is 2. The second kappa shape index (κ2) is 6.33. The Bertz CT molecular complexity index is 665. The predicted molar refractivity (Wildman–Crippen MR) is 91.1 cm³/mol. The van der Waals surface area contributed by atoms with Crippen LogP contribution in [0, 0.1) is 5.92 Å². The van der Waals surface area contributed by atoms with E-state index in [1.807, 2.05) is 31.2 Å². The van der Waals surface area contributed by atoms with E-state index in [4.69, 9.17) is 9.47 Å². The van der Waals surface area contributed by atoms with Crippen molar-refractivity contribution in [2.24, 2.45) is 5.92 Å². The third-order valence-corrected chi connectivity index (χ3v) is 5.42. The molecule has 0 spiro atoms. The molecule has 1 saturated carbocycles. The van der Waals surface area contributed by atoms with Gasteiger partial charge in [-0.2, -0.15) is 0 Å². The van der Waals surface area contributed by atoms with Gasteiger partial charge in [-0.25, -0.2) is 4.79 Å². The molecule has 25 heavy (non-hydrogen) atoms. The number of hydrogen-bond donors (Lipinski definition) is 1. The van der Waals surface area contributed by atoms with Crippen LogP contribution in [0.5, 0.6) is 5.75 Å². The Labute approximate surface area is 147 Å². The van der Waals surface area contributed by atoms with Crippen molar-refractivity contribution in [3.8, 4) is 5.75 Å². The van der Waals surface area contributed by atoms with Gasteiger partial charge in [0.2, 0.25) is 0 Å². The Morgan fingerprint density at radius 1 is 1.24 bits per heavy atom. The van der Waals surface area contributed by atoms with Crippen molar-refractivity contribution < 1.29 is 19.1 Å². The van der Waals surface area contributed by atoms with Gasteiger partial charge in [-0.15, -0.1) is 0 Å². The van der Waals surface area contributed by atoms with Crippen molar-refractivity contribution in [3.05, 3.63) is 29.8 Å². The van der Waals surface area contributed by atoms with Crippen molar-refractivity contribution in [3.63, 3.8) is 0 Å². The van der Waals surface area contributed by atoms with E-state index in [9.17, 15) is 9.59 Å². The molecule has 2 heterocycles. The second-order valence-corrected chi connectivity index (χ2v) is 7.39. The summed E-state index contributed by atoms with van der Waals surface area (Å²) in [6, 6.07) is 7.26. The van der Waals surface area contributed by atoms with Crippen molar-refractivity contribution >= 4 is 11.9 Å². The number of ether oxygens (including phenoxy) is 2. The maximum absolute atomic E-state index is 12.6. The van der Waals surface area contributed by atoms with Crippen molar-refractivity contribution in [2.75, 3.05) is 13.2 Å². The maximum atomic E-state index is 12.6. The first-order valence-corrected chi connectivity index (χ1v) is 9.04. The summed E-state index contributed by atoms with van der Waals surface area (Å²) in [5.41, 5.74) is 0.189. The Morgan fingerprint density at radius 2 is 2.00 bits per heavy atom. The van der Waals surface area contributed by atoms with E-state index in [1.54, 1.807) is 0 Å². The summed E-state index contributed by atoms with van der Waals surface area (Å²) in [5.74, 6) is 0.945. The van der Waals surface area contributed by atoms with Crippen molar-refractivity contribution in [2.45, 2.75) is 50.8 Å². The molecule has 2 saturated heterocycles. The fourth-order valence-corrected chi connectivity index (χ4v) is 3.64. The predicted octanol–water partition coefficient (Wildman–Crippen LogP) is 2.46. The molecule has 3 fully saturated rings. The molecule has 6 heteroatoms. The zero-order valence-electron chi connectivity index (χ0n) is 14.5. The van der Waals surface area contributed by atoms with Gasteiger partial charge in [-0.1, -0.05) is 12.1 Å². The molecule has 134 valence electrons. The Balaban J connectivity index is 1.36. The highest BCUT2D eigenvalue weighted by molar-refractivity contribution is 6.07. The highest BCUT2D eigenvalue weighted by atomic mass is 16.5. The fraction of sp³-hybridized carbons (Fsp3) is 0.579. The van der Waals surface area contributed by atoms with E-state index in [1.165, 1.54) is 4.90 Å². The van der Waals surface area contributed by atoms with Gasteiger partial charge in [0.05, 0.1) is 12.6 Å². The number of hydrogen-bond acceptors (Lipinski definition) is 4. The van der Waals surface area contributed by atoms with Crippen LogP contribution in [0.25, 0.3) is 0 Å². The van der Waals surface area contributed by atoms with Crippen LogP contribution in [0.1, 0.15) is 38.2 Å². The van der Waals surface area contributed by atoms with Crippen molar-refractivity contribution in [1.29, 1.82) is 0 Å². The first kappa shape index (κ1) is 16.4. The molecule has 1 aromatic carbocycles. The molecular formula is C19H24N2O4. The molecule has 1 N–H and O–H groups in total. The zero-order chi connectivity index (χ0) is 17.4. The molecule has 2 atom stereocenters. The number of nitrogens with zero attached hydrogens (tertiary/aromatic N) is 1. The lowest BCUT2D eigenvalue weighted by molar-refractivity contribution is -0.131. The van der Waals surface area contributed by atoms with E-state index >= 15 is 0 Å². The summed E-state index contributed by atoms with van der Waals surface area (Å²) in [6.45, 7) is 3.51. The van der Waals surface area contributed by atoms with Gasteiger partial charge in [-0.05, 0) is 56.2 Å². The number of urea groups is 1. The molecule has 2 aliphatic heterocycles. The third kappa shape index (κ3) is 3.23. The van der Waals surface area contributed by atoms with Gasteiger partial charge >= 0.3 is 6.03 Å². The zero-order valence-corrected chi connectivity index (χ0v) is 14.5. The number of rotatable bonds is 6. The molecular weight excluding hydrogens is 320 g/mol. The molecule has 4 rings (SSSR count). The summed E-state index contributed by atoms with van der Waals surface area (Å²) in [4.78, 5) is 26.2. The molecule has 3 amide bonds. The normalized spacial score (nSPS) is 29.2. The third-order valence-electron chi connectivity index (χ3n) is 5.42. The highest BCUT2D eigenvalue weighted by Gasteiger charge is 2.55. The number of carbonyl (C=O) groups excluding carboxylic acids is 2. The summed E-state index contributed by atoms with van der Waals surface area (Å²) in [6.07, 6.45) is 4.34. The quantitative estimate of drug-likeness (QED) is 0.805. The smallest absolute Gasteiger partial charge is 0.325 e. The Kier molecular flexibility index (Phi) is 4.15. The van der Waals surface area contributed by atoms with Gasteiger partial charge in [0.15, 0.2) is 0 Å². The summed E-state index contributed by atoms with van der Waals surface area (Å²) in [5, 5.41) is 2.87. The van der Waals surface area contributed by atoms with E-state index < -0.39 is 5.54 Å². The van der Waals surface area contributed by atoms with Crippen LogP contribution in [-0.4, -0.2) is 41.7 Å². The van der Waals surface area contributed by atoms with Crippen LogP contribution >= 0.6 is 0 Å². The van der Waals surface area contributed by atoms with E-state index in [0.717, 1.165) is 43.6 Å². The lowest BCUT2D eigenvalue weighted by Crippen LogP contribution is -2.46.